The van der Waals surface area contributed by atoms with Crippen LogP contribution in [0.2, 0.25) is 0 Å². The van der Waals surface area contributed by atoms with Crippen molar-refractivity contribution in [3.8, 4) is 0 Å². The molecule has 2 N–H and O–H groups in total. The van der Waals surface area contributed by atoms with Crippen LogP contribution in [0.15, 0.2) is 28.4 Å². The van der Waals surface area contributed by atoms with Gasteiger partial charge in [-0.15, -0.1) is 11.3 Å². The molecule has 9 nitrogen and oxygen atoms in total. The number of thiazole rings is 1. The van der Waals surface area contributed by atoms with Crippen molar-refractivity contribution in [3.63, 3.8) is 0 Å². The molecule has 1 atom stereocenters. The second-order valence-electron chi connectivity index (χ2n) is 7.31. The highest BCUT2D eigenvalue weighted by Gasteiger charge is 2.22. The number of allylic oxidation sites excluding steroid dienone is 1. The maximum Gasteiger partial charge on any atom is 0.291 e. The SMILES string of the molecule is CN/C=C\C(=N)Cc1nc2c(s1)c1cnn(CC3=NN(C)C(C)C3)c(=O)c1n2C. The summed E-state index contributed by atoms with van der Waals surface area (Å²) in [5.74, 6) is 0. The van der Waals surface area contributed by atoms with E-state index < -0.39 is 0 Å². The van der Waals surface area contributed by atoms with Gasteiger partial charge in [0.1, 0.15) is 10.5 Å². The van der Waals surface area contributed by atoms with Crippen molar-refractivity contribution in [3.05, 3.63) is 33.8 Å². The first kappa shape index (κ1) is 19.3. The summed E-state index contributed by atoms with van der Waals surface area (Å²) in [6, 6.07) is 0.342. The predicted octanol–water partition coefficient (Wildman–Crippen LogP) is 1.72. The van der Waals surface area contributed by atoms with E-state index >= 15 is 0 Å². The molecule has 10 heteroatoms. The molecule has 0 bridgehead atoms. The fourth-order valence-corrected chi connectivity index (χ4v) is 4.66. The van der Waals surface area contributed by atoms with Crippen LogP contribution in [-0.2, 0) is 20.0 Å². The van der Waals surface area contributed by atoms with Gasteiger partial charge in [-0.1, -0.05) is 0 Å². The molecule has 0 radical (unpaired) electrons. The van der Waals surface area contributed by atoms with Gasteiger partial charge in [0, 0.05) is 51.1 Å². The summed E-state index contributed by atoms with van der Waals surface area (Å²) in [7, 11) is 5.60. The minimum absolute atomic E-state index is 0.133. The zero-order valence-electron chi connectivity index (χ0n) is 16.9. The third-order valence-corrected chi connectivity index (χ3v) is 6.24. The van der Waals surface area contributed by atoms with Crippen LogP contribution in [-0.4, -0.2) is 55.9 Å². The molecular formula is C19H24N8OS. The lowest BCUT2D eigenvalue weighted by molar-refractivity contribution is 0.303. The molecule has 3 aromatic heterocycles. The molecule has 1 aliphatic rings. The van der Waals surface area contributed by atoms with Gasteiger partial charge in [0.25, 0.3) is 5.56 Å². The first-order valence-corrected chi connectivity index (χ1v) is 10.2. The molecule has 1 unspecified atom stereocenters. The van der Waals surface area contributed by atoms with Crippen molar-refractivity contribution in [2.45, 2.75) is 32.4 Å². The lowest BCUT2D eigenvalue weighted by Gasteiger charge is -2.11. The summed E-state index contributed by atoms with van der Waals surface area (Å²) in [6.07, 6.45) is 6.48. The number of hydrogen-bond acceptors (Lipinski definition) is 8. The molecule has 0 amide bonds. The molecule has 29 heavy (non-hydrogen) atoms. The number of aromatic nitrogens is 4. The molecule has 4 rings (SSSR count). The standard InChI is InChI=1S/C19H24N8OS/c1-11-7-13(24-26(11)4)10-27-19(28)16-14(9-22-27)17-18(25(16)3)23-15(29-17)8-12(20)5-6-21-2/h5-6,9,11,20-21H,7-8,10H2,1-4H3/b6-5-,20-12?. The predicted molar refractivity (Wildman–Crippen MR) is 117 cm³/mol. The largest absolute Gasteiger partial charge is 0.394 e. The zero-order chi connectivity index (χ0) is 20.7. The van der Waals surface area contributed by atoms with Gasteiger partial charge in [-0.2, -0.15) is 10.2 Å². The van der Waals surface area contributed by atoms with E-state index in [-0.39, 0.29) is 5.56 Å². The van der Waals surface area contributed by atoms with Gasteiger partial charge in [-0.25, -0.2) is 9.67 Å². The molecule has 1 aliphatic heterocycles. The monoisotopic (exact) mass is 412 g/mol. The van der Waals surface area contributed by atoms with Gasteiger partial charge in [0.05, 0.1) is 23.2 Å². The van der Waals surface area contributed by atoms with Crippen LogP contribution in [0.25, 0.3) is 21.3 Å². The number of hydrogen-bond donors (Lipinski definition) is 2. The Balaban J connectivity index is 1.69. The normalized spacial score (nSPS) is 17.0. The third kappa shape index (κ3) is 3.44. The quantitative estimate of drug-likeness (QED) is 0.600. The van der Waals surface area contributed by atoms with E-state index in [1.165, 1.54) is 16.0 Å². The van der Waals surface area contributed by atoms with E-state index in [4.69, 9.17) is 5.41 Å². The second-order valence-corrected chi connectivity index (χ2v) is 8.39. The average molecular weight is 413 g/mol. The highest BCUT2D eigenvalue weighted by atomic mass is 32.1. The van der Waals surface area contributed by atoms with E-state index in [0.29, 0.717) is 30.2 Å². The third-order valence-electron chi connectivity index (χ3n) is 5.16. The smallest absolute Gasteiger partial charge is 0.291 e. The average Bonchev–Trinajstić information content (AvgIpc) is 3.30. The maximum absolute atomic E-state index is 13.1. The number of aryl methyl sites for hydroxylation is 1. The fraction of sp³-hybridized carbons (Fsp3) is 0.421. The Kier molecular flexibility index (Phi) is 4.95. The Morgan fingerprint density at radius 2 is 2.24 bits per heavy atom. The molecule has 152 valence electrons. The van der Waals surface area contributed by atoms with E-state index in [1.54, 1.807) is 25.5 Å². The van der Waals surface area contributed by atoms with Crippen molar-refractivity contribution >= 4 is 44.0 Å². The number of rotatable bonds is 6. The minimum Gasteiger partial charge on any atom is -0.394 e. The zero-order valence-corrected chi connectivity index (χ0v) is 17.7. The molecule has 0 saturated heterocycles. The maximum atomic E-state index is 13.1. The van der Waals surface area contributed by atoms with Gasteiger partial charge >= 0.3 is 0 Å². The van der Waals surface area contributed by atoms with Crippen molar-refractivity contribution < 1.29 is 0 Å². The summed E-state index contributed by atoms with van der Waals surface area (Å²) in [4.78, 5) is 17.8. The van der Waals surface area contributed by atoms with Gasteiger partial charge in [-0.3, -0.25) is 9.80 Å². The Labute approximate surface area is 171 Å². The highest BCUT2D eigenvalue weighted by molar-refractivity contribution is 7.19. The molecular weight excluding hydrogens is 388 g/mol. The van der Waals surface area contributed by atoms with Crippen molar-refractivity contribution in [1.29, 1.82) is 5.41 Å². The molecule has 0 fully saturated rings. The number of fused-ring (bicyclic) bond motifs is 3. The minimum atomic E-state index is -0.133. The Morgan fingerprint density at radius 1 is 1.45 bits per heavy atom. The number of hydrazone groups is 1. The fourth-order valence-electron chi connectivity index (χ4n) is 3.53. The van der Waals surface area contributed by atoms with Gasteiger partial charge in [0.15, 0.2) is 5.65 Å². The summed E-state index contributed by atoms with van der Waals surface area (Å²) in [6.45, 7) is 2.51. The van der Waals surface area contributed by atoms with Crippen molar-refractivity contribution in [1.82, 2.24) is 29.7 Å². The van der Waals surface area contributed by atoms with Crippen LogP contribution < -0.4 is 10.9 Å². The Morgan fingerprint density at radius 3 is 2.93 bits per heavy atom. The van der Waals surface area contributed by atoms with Crippen molar-refractivity contribution in [2.75, 3.05) is 14.1 Å². The first-order valence-electron chi connectivity index (χ1n) is 9.43. The molecule has 0 aromatic carbocycles. The topological polar surface area (TPSA) is 104 Å². The van der Waals surface area contributed by atoms with Gasteiger partial charge in [-0.05, 0) is 19.2 Å². The molecule has 0 saturated carbocycles. The van der Waals surface area contributed by atoms with Crippen LogP contribution in [0.4, 0.5) is 0 Å². The lowest BCUT2D eigenvalue weighted by Crippen LogP contribution is -2.27. The van der Waals surface area contributed by atoms with E-state index in [1.807, 2.05) is 23.7 Å². The summed E-state index contributed by atoms with van der Waals surface area (Å²) >= 11 is 1.51. The van der Waals surface area contributed by atoms with Crippen molar-refractivity contribution in [2.24, 2.45) is 12.1 Å². The van der Waals surface area contributed by atoms with Gasteiger partial charge < -0.3 is 15.3 Å². The van der Waals surface area contributed by atoms with Gasteiger partial charge in [0.2, 0.25) is 0 Å². The molecule has 4 heterocycles. The van der Waals surface area contributed by atoms with E-state index in [0.717, 1.165) is 32.9 Å². The van der Waals surface area contributed by atoms with E-state index in [2.05, 4.69) is 27.4 Å². The molecule has 0 spiro atoms. The lowest BCUT2D eigenvalue weighted by atomic mass is 10.2. The Bertz CT molecular complexity index is 1210. The van der Waals surface area contributed by atoms with Crippen LogP contribution in [0.1, 0.15) is 18.4 Å². The first-order chi connectivity index (χ1) is 13.9. The highest BCUT2D eigenvalue weighted by Crippen LogP contribution is 2.31. The summed E-state index contributed by atoms with van der Waals surface area (Å²) in [5, 5.41) is 23.4. The van der Waals surface area contributed by atoms with Crippen LogP contribution in [0.3, 0.4) is 0 Å². The molecule has 0 aliphatic carbocycles. The Hall–Kier alpha value is -3.01. The summed E-state index contributed by atoms with van der Waals surface area (Å²) in [5.41, 5.74) is 2.66. The number of nitrogens with zero attached hydrogens (tertiary/aromatic N) is 6. The van der Waals surface area contributed by atoms with Crippen LogP contribution in [0, 0.1) is 5.41 Å². The van der Waals surface area contributed by atoms with Crippen LogP contribution in [0.5, 0.6) is 0 Å². The number of nitrogens with one attached hydrogen (secondary N) is 2. The summed E-state index contributed by atoms with van der Waals surface area (Å²) < 4.78 is 4.25. The molecule has 3 aromatic rings. The second kappa shape index (κ2) is 7.43. The van der Waals surface area contributed by atoms with E-state index in [9.17, 15) is 4.79 Å². The van der Waals surface area contributed by atoms with Crippen LogP contribution >= 0.6 is 11.3 Å².